The fraction of sp³-hybridized carbons (Fsp3) is 0.524. The molecule has 1 saturated heterocycles. The lowest BCUT2D eigenvalue weighted by molar-refractivity contribution is -0.109. The van der Waals surface area contributed by atoms with Crippen molar-refractivity contribution in [3.8, 4) is 0 Å². The van der Waals surface area contributed by atoms with Gasteiger partial charge in [0.25, 0.3) is 0 Å². The second-order valence-corrected chi connectivity index (χ2v) is 8.68. The first kappa shape index (κ1) is 17.8. The fourth-order valence-corrected chi connectivity index (χ4v) is 5.01. The Hall–Kier alpha value is -1.59. The summed E-state index contributed by atoms with van der Waals surface area (Å²) in [7, 11) is 0. The third-order valence-electron chi connectivity index (χ3n) is 5.62. The van der Waals surface area contributed by atoms with Crippen molar-refractivity contribution in [3.05, 3.63) is 36.2 Å². The van der Waals surface area contributed by atoms with Crippen LogP contribution in [0.3, 0.4) is 0 Å². The number of hydrogen-bond donors (Lipinski definition) is 0. The zero-order chi connectivity index (χ0) is 17.9. The van der Waals surface area contributed by atoms with Crippen LogP contribution < -0.4 is 4.90 Å². The number of pyridine rings is 1. The van der Waals surface area contributed by atoms with Crippen molar-refractivity contribution < 1.29 is 4.79 Å². The highest BCUT2D eigenvalue weighted by Gasteiger charge is 2.28. The number of benzene rings is 1. The molecule has 2 aromatic rings. The van der Waals surface area contributed by atoms with Gasteiger partial charge in [0.15, 0.2) is 5.12 Å². The molecule has 1 unspecified atom stereocenters. The van der Waals surface area contributed by atoms with Crippen LogP contribution in [-0.4, -0.2) is 53.0 Å². The third-order valence-corrected chi connectivity index (χ3v) is 6.52. The molecular formula is C21H27N3OS. The largest absolute Gasteiger partial charge is 0.366 e. The van der Waals surface area contributed by atoms with Crippen LogP contribution in [0.25, 0.3) is 10.8 Å². The number of likely N-dealkylation sites (tertiary alicyclic amines) is 1. The van der Waals surface area contributed by atoms with E-state index < -0.39 is 0 Å². The van der Waals surface area contributed by atoms with Crippen molar-refractivity contribution in [2.75, 3.05) is 36.8 Å². The Morgan fingerprint density at radius 2 is 2.23 bits per heavy atom. The first-order valence-electron chi connectivity index (χ1n) is 9.70. The van der Waals surface area contributed by atoms with Gasteiger partial charge in [0.05, 0.1) is 0 Å². The van der Waals surface area contributed by atoms with Gasteiger partial charge in [-0.25, -0.2) is 0 Å². The topological polar surface area (TPSA) is 36.4 Å². The summed E-state index contributed by atoms with van der Waals surface area (Å²) in [6, 6.07) is 7.23. The SMILES string of the molecule is CC(=O)SCCCN1CCCC(N2CCc3cncc4cccc2c34)C1. The Labute approximate surface area is 160 Å². The predicted molar refractivity (Wildman–Crippen MR) is 110 cm³/mol. The second-order valence-electron chi connectivity index (χ2n) is 7.41. The van der Waals surface area contributed by atoms with E-state index in [9.17, 15) is 4.79 Å². The molecule has 138 valence electrons. The van der Waals surface area contributed by atoms with Gasteiger partial charge in [0.2, 0.25) is 0 Å². The Bertz CT molecular complexity index is 789. The van der Waals surface area contributed by atoms with E-state index in [1.165, 1.54) is 53.2 Å². The van der Waals surface area contributed by atoms with E-state index in [1.54, 1.807) is 6.92 Å². The molecular weight excluding hydrogens is 342 g/mol. The van der Waals surface area contributed by atoms with Crippen molar-refractivity contribution in [2.45, 2.75) is 38.6 Å². The van der Waals surface area contributed by atoms with Crippen LogP contribution in [0.15, 0.2) is 30.6 Å². The minimum atomic E-state index is 0.232. The van der Waals surface area contributed by atoms with Crippen molar-refractivity contribution in [2.24, 2.45) is 0 Å². The normalized spacial score (nSPS) is 20.5. The molecule has 0 spiro atoms. The quantitative estimate of drug-likeness (QED) is 0.751. The van der Waals surface area contributed by atoms with Crippen LogP contribution in [0.5, 0.6) is 0 Å². The van der Waals surface area contributed by atoms with E-state index in [0.717, 1.165) is 38.2 Å². The van der Waals surface area contributed by atoms with Gasteiger partial charge in [0, 0.05) is 60.7 Å². The minimum absolute atomic E-state index is 0.232. The minimum Gasteiger partial charge on any atom is -0.366 e. The average Bonchev–Trinajstić information content (AvgIpc) is 2.66. The highest BCUT2D eigenvalue weighted by molar-refractivity contribution is 8.13. The highest BCUT2D eigenvalue weighted by Crippen LogP contribution is 2.36. The lowest BCUT2D eigenvalue weighted by Gasteiger charge is -2.43. The van der Waals surface area contributed by atoms with Crippen molar-refractivity contribution in [1.29, 1.82) is 0 Å². The maximum atomic E-state index is 11.1. The lowest BCUT2D eigenvalue weighted by atomic mass is 9.95. The first-order valence-corrected chi connectivity index (χ1v) is 10.7. The number of rotatable bonds is 5. The number of aromatic nitrogens is 1. The summed E-state index contributed by atoms with van der Waals surface area (Å²) >= 11 is 1.46. The van der Waals surface area contributed by atoms with E-state index in [2.05, 4.69) is 33.0 Å². The smallest absolute Gasteiger partial charge is 0.185 e. The third kappa shape index (κ3) is 3.74. The average molecular weight is 370 g/mol. The van der Waals surface area contributed by atoms with Gasteiger partial charge in [-0.05, 0) is 50.4 Å². The standard InChI is InChI=1S/C21H27N3OS/c1-16(25)26-12-4-10-23-9-3-6-19(15-23)24-11-8-18-14-22-13-17-5-2-7-20(24)21(17)18/h2,5,7,13-14,19H,3-4,6,8-12,15H2,1H3. The zero-order valence-electron chi connectivity index (χ0n) is 15.5. The molecule has 0 N–H and O–H groups in total. The molecule has 0 bridgehead atoms. The van der Waals surface area contributed by atoms with Crippen LogP contribution in [0, 0.1) is 0 Å². The molecule has 26 heavy (non-hydrogen) atoms. The Morgan fingerprint density at radius 1 is 1.31 bits per heavy atom. The van der Waals surface area contributed by atoms with Gasteiger partial charge in [-0.3, -0.25) is 9.78 Å². The van der Waals surface area contributed by atoms with E-state index >= 15 is 0 Å². The lowest BCUT2D eigenvalue weighted by Crippen LogP contribution is -2.49. The molecule has 0 amide bonds. The molecule has 1 aromatic heterocycles. The molecule has 2 aliphatic heterocycles. The van der Waals surface area contributed by atoms with E-state index in [-0.39, 0.29) is 5.12 Å². The van der Waals surface area contributed by atoms with Crippen molar-refractivity contribution in [3.63, 3.8) is 0 Å². The number of piperidine rings is 1. The number of anilines is 1. The summed E-state index contributed by atoms with van der Waals surface area (Å²) in [4.78, 5) is 20.7. The number of hydrogen-bond acceptors (Lipinski definition) is 5. The number of carbonyl (C=O) groups excluding carboxylic acids is 1. The number of carbonyl (C=O) groups is 1. The van der Waals surface area contributed by atoms with E-state index in [1.807, 2.05) is 12.4 Å². The monoisotopic (exact) mass is 369 g/mol. The molecule has 0 radical (unpaired) electrons. The molecule has 2 aliphatic rings. The first-order chi connectivity index (χ1) is 12.7. The van der Waals surface area contributed by atoms with Gasteiger partial charge in [-0.1, -0.05) is 23.9 Å². The fourth-order valence-electron chi connectivity index (χ4n) is 4.45. The maximum absolute atomic E-state index is 11.1. The summed E-state index contributed by atoms with van der Waals surface area (Å²) in [5.74, 6) is 0.944. The van der Waals surface area contributed by atoms with Crippen LogP contribution in [0.1, 0.15) is 31.7 Å². The van der Waals surface area contributed by atoms with Crippen molar-refractivity contribution >= 4 is 33.3 Å². The summed E-state index contributed by atoms with van der Waals surface area (Å²) in [6.07, 6.45) is 8.76. The Kier molecular flexibility index (Phi) is 5.46. The van der Waals surface area contributed by atoms with Crippen LogP contribution >= 0.6 is 11.8 Å². The maximum Gasteiger partial charge on any atom is 0.185 e. The molecule has 1 fully saturated rings. The molecule has 4 rings (SSSR count). The van der Waals surface area contributed by atoms with E-state index in [0.29, 0.717) is 6.04 Å². The molecule has 3 heterocycles. The van der Waals surface area contributed by atoms with Gasteiger partial charge in [-0.15, -0.1) is 0 Å². The van der Waals surface area contributed by atoms with Gasteiger partial charge in [-0.2, -0.15) is 0 Å². The van der Waals surface area contributed by atoms with Gasteiger partial charge < -0.3 is 9.80 Å². The summed E-state index contributed by atoms with van der Waals surface area (Å²) < 4.78 is 0. The molecule has 1 atom stereocenters. The summed E-state index contributed by atoms with van der Waals surface area (Å²) in [6.45, 7) is 6.19. The zero-order valence-corrected chi connectivity index (χ0v) is 16.3. The van der Waals surface area contributed by atoms with Crippen LogP contribution in [0.2, 0.25) is 0 Å². The molecule has 1 aromatic carbocycles. The number of thioether (sulfide) groups is 1. The van der Waals surface area contributed by atoms with Crippen molar-refractivity contribution in [1.82, 2.24) is 9.88 Å². The molecule has 5 heteroatoms. The van der Waals surface area contributed by atoms with E-state index in [4.69, 9.17) is 0 Å². The van der Waals surface area contributed by atoms with Gasteiger partial charge >= 0.3 is 0 Å². The molecule has 0 aliphatic carbocycles. The Balaban J connectivity index is 1.46. The predicted octanol–water partition coefficient (Wildman–Crippen LogP) is 3.73. The number of nitrogens with zero attached hydrogens (tertiary/aromatic N) is 3. The summed E-state index contributed by atoms with van der Waals surface area (Å²) in [5.41, 5.74) is 2.79. The van der Waals surface area contributed by atoms with Gasteiger partial charge in [0.1, 0.15) is 0 Å². The van der Waals surface area contributed by atoms with Crippen LogP contribution in [0.4, 0.5) is 5.69 Å². The van der Waals surface area contributed by atoms with Crippen LogP contribution in [-0.2, 0) is 11.2 Å². The highest BCUT2D eigenvalue weighted by atomic mass is 32.2. The Morgan fingerprint density at radius 3 is 3.12 bits per heavy atom. The second kappa shape index (κ2) is 7.97. The molecule has 0 saturated carbocycles. The summed E-state index contributed by atoms with van der Waals surface area (Å²) in [5, 5.41) is 2.90. The molecule has 4 nitrogen and oxygen atoms in total.